The van der Waals surface area contributed by atoms with Crippen LogP contribution in [0.25, 0.3) is 0 Å². The molecule has 0 spiro atoms. The second kappa shape index (κ2) is 5.65. The highest BCUT2D eigenvalue weighted by molar-refractivity contribution is 7.89. The van der Waals surface area contributed by atoms with Crippen molar-refractivity contribution in [3.63, 3.8) is 0 Å². The highest BCUT2D eigenvalue weighted by Crippen LogP contribution is 2.30. The molecule has 2 heterocycles. The third-order valence-corrected chi connectivity index (χ3v) is 6.37. The lowest BCUT2D eigenvalue weighted by molar-refractivity contribution is 0.379. The molecule has 2 aromatic rings. The second-order valence-corrected chi connectivity index (χ2v) is 7.83. The van der Waals surface area contributed by atoms with Gasteiger partial charge in [0.2, 0.25) is 10.0 Å². The monoisotopic (exact) mass is 335 g/mol. The van der Waals surface area contributed by atoms with Gasteiger partial charge in [-0.3, -0.25) is 0 Å². The van der Waals surface area contributed by atoms with Crippen LogP contribution in [0.15, 0.2) is 23.4 Å². The maximum atomic E-state index is 13.1. The number of rotatable bonds is 3. The molecule has 0 unspecified atom stereocenters. The highest BCUT2D eigenvalue weighted by Gasteiger charge is 2.31. The first-order chi connectivity index (χ1) is 10.8. The quantitative estimate of drug-likeness (QED) is 0.858. The molecule has 124 valence electrons. The molecule has 1 aromatic carbocycles. The summed E-state index contributed by atoms with van der Waals surface area (Å²) in [6.07, 6.45) is 2.38. The average molecular weight is 335 g/mol. The number of hydrogen-bond acceptors (Lipinski definition) is 4. The lowest BCUT2D eigenvalue weighted by Crippen LogP contribution is -2.37. The Morgan fingerprint density at radius 2 is 1.96 bits per heavy atom. The van der Waals surface area contributed by atoms with Gasteiger partial charge in [-0.25, -0.2) is 13.4 Å². The number of nitrogens with zero attached hydrogens (tertiary/aromatic N) is 3. The van der Waals surface area contributed by atoms with Gasteiger partial charge in [-0.05, 0) is 37.1 Å². The van der Waals surface area contributed by atoms with Gasteiger partial charge < -0.3 is 9.30 Å². The van der Waals surface area contributed by atoms with Gasteiger partial charge in [0.05, 0.1) is 36.3 Å². The zero-order valence-electron chi connectivity index (χ0n) is 13.8. The van der Waals surface area contributed by atoms with Gasteiger partial charge >= 0.3 is 0 Å². The van der Waals surface area contributed by atoms with Gasteiger partial charge in [0.15, 0.2) is 0 Å². The molecule has 3 rings (SSSR count). The molecular weight excluding hydrogens is 314 g/mol. The van der Waals surface area contributed by atoms with Crippen molar-refractivity contribution in [3.8, 4) is 5.75 Å². The van der Waals surface area contributed by atoms with Gasteiger partial charge in [0.1, 0.15) is 5.75 Å². The lowest BCUT2D eigenvalue weighted by Gasteiger charge is -2.27. The summed E-state index contributed by atoms with van der Waals surface area (Å²) in [5, 5.41) is 0. The maximum Gasteiger partial charge on any atom is 0.243 e. The Labute approximate surface area is 136 Å². The second-order valence-electron chi connectivity index (χ2n) is 5.92. The fraction of sp³-hybridized carbons (Fsp3) is 0.438. The molecule has 7 heteroatoms. The van der Waals surface area contributed by atoms with Crippen LogP contribution in [0, 0.1) is 13.8 Å². The number of methoxy groups -OCH3 is 1. The first-order valence-corrected chi connectivity index (χ1v) is 8.93. The molecule has 0 N–H and O–H groups in total. The number of sulfonamides is 1. The molecule has 1 aliphatic rings. The van der Waals surface area contributed by atoms with Crippen LogP contribution in [0.3, 0.4) is 0 Å². The Hall–Kier alpha value is -1.86. The highest BCUT2D eigenvalue weighted by atomic mass is 32.2. The fourth-order valence-corrected chi connectivity index (χ4v) is 4.69. The maximum absolute atomic E-state index is 13.1. The van der Waals surface area contributed by atoms with Gasteiger partial charge in [0.25, 0.3) is 0 Å². The normalized spacial score (nSPS) is 15.5. The number of aryl methyl sites for hydroxylation is 3. The van der Waals surface area contributed by atoms with Crippen LogP contribution in [-0.4, -0.2) is 35.9 Å². The van der Waals surface area contributed by atoms with Crippen LogP contribution in [-0.2, 0) is 30.0 Å². The van der Waals surface area contributed by atoms with Gasteiger partial charge in [-0.1, -0.05) is 0 Å². The number of benzene rings is 1. The predicted octanol–water partition coefficient (Wildman–Crippen LogP) is 1.79. The first-order valence-electron chi connectivity index (χ1n) is 7.49. The first kappa shape index (κ1) is 16.0. The molecule has 23 heavy (non-hydrogen) atoms. The van der Waals surface area contributed by atoms with E-state index in [9.17, 15) is 8.42 Å². The third-order valence-electron chi connectivity index (χ3n) is 4.38. The van der Waals surface area contributed by atoms with Crippen molar-refractivity contribution in [1.29, 1.82) is 0 Å². The third kappa shape index (κ3) is 2.64. The summed E-state index contributed by atoms with van der Waals surface area (Å²) in [7, 11) is -0.0595. The van der Waals surface area contributed by atoms with Gasteiger partial charge in [0, 0.05) is 20.0 Å². The van der Waals surface area contributed by atoms with Crippen molar-refractivity contribution in [2.75, 3.05) is 13.7 Å². The van der Waals surface area contributed by atoms with E-state index in [4.69, 9.17) is 4.74 Å². The van der Waals surface area contributed by atoms with Crippen LogP contribution < -0.4 is 4.74 Å². The van der Waals surface area contributed by atoms with E-state index in [1.54, 1.807) is 32.5 Å². The Balaban J connectivity index is 2.00. The number of hydrogen-bond donors (Lipinski definition) is 0. The molecule has 0 aliphatic carbocycles. The molecular formula is C16H21N3O3S. The van der Waals surface area contributed by atoms with E-state index in [0.29, 0.717) is 35.7 Å². The van der Waals surface area contributed by atoms with E-state index < -0.39 is 10.0 Å². The van der Waals surface area contributed by atoms with Gasteiger partial charge in [-0.15, -0.1) is 0 Å². The van der Waals surface area contributed by atoms with Crippen molar-refractivity contribution in [1.82, 2.24) is 13.9 Å². The van der Waals surface area contributed by atoms with Crippen LogP contribution in [0.2, 0.25) is 0 Å². The molecule has 0 fully saturated rings. The smallest absolute Gasteiger partial charge is 0.243 e. The number of imidazole rings is 1. The molecule has 1 aromatic heterocycles. The SMILES string of the molecule is COc1cc(C)c(S(=O)(=O)N2CCc3ncn(C)c3C2)cc1C. The number of ether oxygens (including phenoxy) is 1. The van der Waals surface area contributed by atoms with Crippen molar-refractivity contribution in [3.05, 3.63) is 41.0 Å². The van der Waals surface area contributed by atoms with E-state index in [2.05, 4.69) is 4.98 Å². The van der Waals surface area contributed by atoms with E-state index in [1.807, 2.05) is 18.5 Å². The van der Waals surface area contributed by atoms with Crippen molar-refractivity contribution in [2.24, 2.45) is 7.05 Å². The molecule has 0 saturated heterocycles. The number of aromatic nitrogens is 2. The summed E-state index contributed by atoms with van der Waals surface area (Å²) < 4.78 is 34.8. The summed E-state index contributed by atoms with van der Waals surface area (Å²) in [5.41, 5.74) is 3.46. The fourth-order valence-electron chi connectivity index (χ4n) is 3.00. The molecule has 6 nitrogen and oxygen atoms in total. The minimum Gasteiger partial charge on any atom is -0.496 e. The van der Waals surface area contributed by atoms with Gasteiger partial charge in [-0.2, -0.15) is 4.31 Å². The molecule has 0 atom stereocenters. The predicted molar refractivity (Wildman–Crippen MR) is 87.0 cm³/mol. The zero-order valence-corrected chi connectivity index (χ0v) is 14.6. The Morgan fingerprint density at radius 1 is 1.22 bits per heavy atom. The zero-order chi connectivity index (χ0) is 16.8. The molecule has 0 amide bonds. The van der Waals surface area contributed by atoms with Crippen LogP contribution in [0.4, 0.5) is 0 Å². The minimum atomic E-state index is -3.54. The van der Waals surface area contributed by atoms with Crippen molar-refractivity contribution >= 4 is 10.0 Å². The summed E-state index contributed by atoms with van der Waals surface area (Å²) in [4.78, 5) is 4.67. The minimum absolute atomic E-state index is 0.349. The largest absolute Gasteiger partial charge is 0.496 e. The summed E-state index contributed by atoms with van der Waals surface area (Å²) >= 11 is 0. The van der Waals surface area contributed by atoms with E-state index >= 15 is 0 Å². The molecule has 0 radical (unpaired) electrons. The standard InChI is InChI=1S/C16H21N3O3S/c1-11-8-16(12(2)7-15(11)22-4)23(20,21)19-6-5-13-14(9-19)18(3)10-17-13/h7-8,10H,5-6,9H2,1-4H3. The Morgan fingerprint density at radius 3 is 2.65 bits per heavy atom. The van der Waals surface area contributed by atoms with E-state index in [-0.39, 0.29) is 0 Å². The van der Waals surface area contributed by atoms with Crippen LogP contribution in [0.5, 0.6) is 5.75 Å². The van der Waals surface area contributed by atoms with E-state index in [0.717, 1.165) is 17.0 Å². The average Bonchev–Trinajstić information content (AvgIpc) is 2.90. The van der Waals surface area contributed by atoms with E-state index in [1.165, 1.54) is 4.31 Å². The van der Waals surface area contributed by atoms with Crippen molar-refractivity contribution in [2.45, 2.75) is 31.7 Å². The molecule has 0 bridgehead atoms. The summed E-state index contributed by atoms with van der Waals surface area (Å²) in [6, 6.07) is 3.48. The van der Waals surface area contributed by atoms with Crippen LogP contribution in [0.1, 0.15) is 22.5 Å². The topological polar surface area (TPSA) is 64.4 Å². The Kier molecular flexibility index (Phi) is 3.93. The van der Waals surface area contributed by atoms with Crippen LogP contribution >= 0.6 is 0 Å². The van der Waals surface area contributed by atoms with Crippen molar-refractivity contribution < 1.29 is 13.2 Å². The summed E-state index contributed by atoms with van der Waals surface area (Å²) in [5.74, 6) is 0.703. The Bertz CT molecular complexity index is 856. The summed E-state index contributed by atoms with van der Waals surface area (Å²) in [6.45, 7) is 4.47. The molecule has 0 saturated carbocycles. The molecule has 1 aliphatic heterocycles. The lowest BCUT2D eigenvalue weighted by atomic mass is 10.1. The number of fused-ring (bicyclic) bond motifs is 1.